The van der Waals surface area contributed by atoms with Gasteiger partial charge in [-0.05, 0) is 24.4 Å². The lowest BCUT2D eigenvalue weighted by Gasteiger charge is -2.37. The fourth-order valence-electron chi connectivity index (χ4n) is 2.80. The third-order valence-corrected chi connectivity index (χ3v) is 4.74. The first-order valence-electron chi connectivity index (χ1n) is 6.62. The summed E-state index contributed by atoms with van der Waals surface area (Å²) in [5, 5.41) is 5.37. The largest absolute Gasteiger partial charge is 0.335 e. The highest BCUT2D eigenvalue weighted by Gasteiger charge is 2.28. The molecule has 1 atom stereocenters. The Balaban J connectivity index is 1.55. The third kappa shape index (κ3) is 2.43. The maximum Gasteiger partial charge on any atom is 0.264 e. The van der Waals surface area contributed by atoms with Gasteiger partial charge in [0, 0.05) is 38.8 Å². The van der Waals surface area contributed by atoms with E-state index in [0.717, 1.165) is 44.1 Å². The van der Waals surface area contributed by atoms with Gasteiger partial charge in [0.2, 0.25) is 0 Å². The molecule has 98 valence electrons. The molecule has 2 aliphatic rings. The minimum absolute atomic E-state index is 0.203. The van der Waals surface area contributed by atoms with Crippen LogP contribution in [0.25, 0.3) is 0 Å². The molecular formula is C13H19N3OS. The van der Waals surface area contributed by atoms with Gasteiger partial charge >= 0.3 is 0 Å². The van der Waals surface area contributed by atoms with E-state index in [-0.39, 0.29) is 5.91 Å². The average Bonchev–Trinajstić information content (AvgIpc) is 3.11. The van der Waals surface area contributed by atoms with Crippen LogP contribution in [0.2, 0.25) is 0 Å². The van der Waals surface area contributed by atoms with E-state index in [1.54, 1.807) is 0 Å². The SMILES string of the molecule is O=C(c1cccs1)N1CCN(C2CCNC2)CC1. The van der Waals surface area contributed by atoms with Gasteiger partial charge in [0.15, 0.2) is 0 Å². The maximum atomic E-state index is 12.2. The second-order valence-corrected chi connectivity index (χ2v) is 5.90. The number of piperazine rings is 1. The number of nitrogens with one attached hydrogen (secondary N) is 1. The lowest BCUT2D eigenvalue weighted by molar-refractivity contribution is 0.0588. The van der Waals surface area contributed by atoms with E-state index < -0.39 is 0 Å². The Bertz CT molecular complexity index is 392. The molecular weight excluding hydrogens is 246 g/mol. The van der Waals surface area contributed by atoms with Crippen LogP contribution in [0, 0.1) is 0 Å². The minimum atomic E-state index is 0.203. The van der Waals surface area contributed by atoms with Crippen LogP contribution in [-0.4, -0.2) is 61.0 Å². The van der Waals surface area contributed by atoms with Crippen LogP contribution in [0.4, 0.5) is 0 Å². The molecule has 1 aromatic heterocycles. The highest BCUT2D eigenvalue weighted by molar-refractivity contribution is 7.12. The smallest absolute Gasteiger partial charge is 0.264 e. The Kier molecular flexibility index (Phi) is 3.63. The topological polar surface area (TPSA) is 35.6 Å². The molecule has 2 fully saturated rings. The van der Waals surface area contributed by atoms with E-state index in [9.17, 15) is 4.79 Å². The number of thiophene rings is 1. The first kappa shape index (κ1) is 12.1. The van der Waals surface area contributed by atoms with E-state index in [1.165, 1.54) is 17.8 Å². The fraction of sp³-hybridized carbons (Fsp3) is 0.615. The highest BCUT2D eigenvalue weighted by Crippen LogP contribution is 2.16. The average molecular weight is 265 g/mol. The Morgan fingerprint density at radius 1 is 1.33 bits per heavy atom. The molecule has 0 bridgehead atoms. The molecule has 0 radical (unpaired) electrons. The molecule has 18 heavy (non-hydrogen) atoms. The van der Waals surface area contributed by atoms with Crippen molar-refractivity contribution in [3.63, 3.8) is 0 Å². The van der Waals surface area contributed by atoms with Crippen molar-refractivity contribution in [3.05, 3.63) is 22.4 Å². The van der Waals surface area contributed by atoms with Crippen LogP contribution in [0.15, 0.2) is 17.5 Å². The Hall–Kier alpha value is -0.910. The molecule has 0 spiro atoms. The van der Waals surface area contributed by atoms with Crippen molar-refractivity contribution in [2.45, 2.75) is 12.5 Å². The molecule has 2 saturated heterocycles. The van der Waals surface area contributed by atoms with E-state index >= 15 is 0 Å². The molecule has 0 aliphatic carbocycles. The van der Waals surface area contributed by atoms with Crippen molar-refractivity contribution in [1.82, 2.24) is 15.1 Å². The van der Waals surface area contributed by atoms with Gasteiger partial charge in [-0.3, -0.25) is 9.69 Å². The molecule has 5 heteroatoms. The van der Waals surface area contributed by atoms with Gasteiger partial charge in [-0.25, -0.2) is 0 Å². The van der Waals surface area contributed by atoms with E-state index in [2.05, 4.69) is 10.2 Å². The van der Waals surface area contributed by atoms with Gasteiger partial charge in [-0.1, -0.05) is 6.07 Å². The van der Waals surface area contributed by atoms with E-state index in [4.69, 9.17) is 0 Å². The number of carbonyl (C=O) groups excluding carboxylic acids is 1. The van der Waals surface area contributed by atoms with Gasteiger partial charge in [0.1, 0.15) is 0 Å². The normalized spacial score (nSPS) is 25.6. The van der Waals surface area contributed by atoms with Crippen molar-refractivity contribution in [3.8, 4) is 0 Å². The van der Waals surface area contributed by atoms with Crippen LogP contribution in [-0.2, 0) is 0 Å². The number of amides is 1. The molecule has 3 rings (SSSR count). The quantitative estimate of drug-likeness (QED) is 0.862. The standard InChI is InChI=1S/C13H19N3OS/c17-13(12-2-1-9-18-12)16-7-5-15(6-8-16)11-3-4-14-10-11/h1-2,9,11,14H,3-8,10H2. The lowest BCUT2D eigenvalue weighted by atomic mass is 10.2. The van der Waals surface area contributed by atoms with E-state index in [0.29, 0.717) is 6.04 Å². The summed E-state index contributed by atoms with van der Waals surface area (Å²) in [5.41, 5.74) is 0. The predicted octanol–water partition coefficient (Wildman–Crippen LogP) is 0.868. The van der Waals surface area contributed by atoms with Crippen molar-refractivity contribution < 1.29 is 4.79 Å². The minimum Gasteiger partial charge on any atom is -0.335 e. The first-order chi connectivity index (χ1) is 8.84. The van der Waals surface area contributed by atoms with Crippen molar-refractivity contribution in [1.29, 1.82) is 0 Å². The van der Waals surface area contributed by atoms with Crippen molar-refractivity contribution in [2.24, 2.45) is 0 Å². The summed E-state index contributed by atoms with van der Waals surface area (Å²) in [4.78, 5) is 17.6. The summed E-state index contributed by atoms with van der Waals surface area (Å²) in [6, 6.07) is 4.54. The molecule has 1 amide bonds. The molecule has 3 heterocycles. The molecule has 1 N–H and O–H groups in total. The van der Waals surface area contributed by atoms with Gasteiger partial charge in [0.25, 0.3) is 5.91 Å². The summed E-state index contributed by atoms with van der Waals surface area (Å²) in [5.74, 6) is 0.203. The Morgan fingerprint density at radius 2 is 2.17 bits per heavy atom. The zero-order valence-electron chi connectivity index (χ0n) is 10.5. The summed E-state index contributed by atoms with van der Waals surface area (Å²) in [6.45, 7) is 6.02. The van der Waals surface area contributed by atoms with Crippen LogP contribution in [0.1, 0.15) is 16.1 Å². The maximum absolute atomic E-state index is 12.2. The molecule has 1 aromatic rings. The third-order valence-electron chi connectivity index (χ3n) is 3.88. The summed E-state index contributed by atoms with van der Waals surface area (Å²) in [6.07, 6.45) is 1.25. The van der Waals surface area contributed by atoms with Gasteiger partial charge in [-0.15, -0.1) is 11.3 Å². The van der Waals surface area contributed by atoms with Gasteiger partial charge in [-0.2, -0.15) is 0 Å². The monoisotopic (exact) mass is 265 g/mol. The zero-order valence-corrected chi connectivity index (χ0v) is 11.3. The zero-order chi connectivity index (χ0) is 12.4. The molecule has 4 nitrogen and oxygen atoms in total. The second-order valence-electron chi connectivity index (χ2n) is 4.95. The van der Waals surface area contributed by atoms with Crippen LogP contribution in [0.5, 0.6) is 0 Å². The molecule has 2 aliphatic heterocycles. The fourth-order valence-corrected chi connectivity index (χ4v) is 3.49. The van der Waals surface area contributed by atoms with Gasteiger partial charge < -0.3 is 10.2 Å². The number of hydrogen-bond acceptors (Lipinski definition) is 4. The van der Waals surface area contributed by atoms with E-state index in [1.807, 2.05) is 22.4 Å². The van der Waals surface area contributed by atoms with Crippen molar-refractivity contribution in [2.75, 3.05) is 39.3 Å². The summed E-state index contributed by atoms with van der Waals surface area (Å²) >= 11 is 1.54. The van der Waals surface area contributed by atoms with Gasteiger partial charge in [0.05, 0.1) is 4.88 Å². The van der Waals surface area contributed by atoms with Crippen LogP contribution in [0.3, 0.4) is 0 Å². The van der Waals surface area contributed by atoms with Crippen molar-refractivity contribution >= 4 is 17.2 Å². The Morgan fingerprint density at radius 3 is 2.78 bits per heavy atom. The Labute approximate surface area is 112 Å². The molecule has 0 saturated carbocycles. The number of carbonyl (C=O) groups is 1. The molecule has 1 unspecified atom stereocenters. The highest BCUT2D eigenvalue weighted by atomic mass is 32.1. The summed E-state index contributed by atoms with van der Waals surface area (Å²) in [7, 11) is 0. The number of hydrogen-bond donors (Lipinski definition) is 1. The number of rotatable bonds is 2. The van der Waals surface area contributed by atoms with Crippen LogP contribution >= 0.6 is 11.3 Å². The molecule has 0 aromatic carbocycles. The van der Waals surface area contributed by atoms with Crippen LogP contribution < -0.4 is 5.32 Å². The second kappa shape index (κ2) is 5.38. The lowest BCUT2D eigenvalue weighted by Crippen LogP contribution is -2.52. The number of nitrogens with zero attached hydrogens (tertiary/aromatic N) is 2. The first-order valence-corrected chi connectivity index (χ1v) is 7.50. The summed E-state index contributed by atoms with van der Waals surface area (Å²) < 4.78 is 0. The predicted molar refractivity (Wildman–Crippen MR) is 73.1 cm³/mol.